The number of benzene rings is 2. The average Bonchev–Trinajstić information content (AvgIpc) is 2.64. The molecule has 1 aliphatic heterocycles. The van der Waals surface area contributed by atoms with Gasteiger partial charge in [-0.25, -0.2) is 0 Å². The van der Waals surface area contributed by atoms with Crippen LogP contribution in [0.25, 0.3) is 0 Å². The summed E-state index contributed by atoms with van der Waals surface area (Å²) in [5.41, 5.74) is 2.60. The number of quaternary nitrogens is 1. The minimum Gasteiger partial charge on any atom is -0.331 e. The molecule has 0 aromatic heterocycles. The largest absolute Gasteiger partial charge is 0.331 e. The fourth-order valence-corrected chi connectivity index (χ4v) is 3.47. The van der Waals surface area contributed by atoms with Gasteiger partial charge in [-0.3, -0.25) is 4.79 Å². The molecule has 1 fully saturated rings. The van der Waals surface area contributed by atoms with E-state index < -0.39 is 0 Å². The summed E-state index contributed by atoms with van der Waals surface area (Å²) in [4.78, 5) is 15.2. The monoisotopic (exact) mass is 320 g/mol. The molecule has 24 heavy (non-hydrogen) atoms. The maximum Gasteiger partial charge on any atom is 0.237 e. The second-order valence-corrected chi connectivity index (χ2v) is 6.13. The summed E-state index contributed by atoms with van der Waals surface area (Å²) < 4.78 is 0. The number of hydrogen-bond acceptors (Lipinski definition) is 2. The van der Waals surface area contributed by atoms with Crippen molar-refractivity contribution in [2.45, 2.75) is 12.5 Å². The predicted octanol–water partition coefficient (Wildman–Crippen LogP) is 1.42. The maximum absolute atomic E-state index is 11.9. The van der Waals surface area contributed by atoms with E-state index in [9.17, 15) is 4.79 Å². The number of nitrogens with zero attached hydrogens (tertiary/aromatic N) is 2. The Morgan fingerprint density at radius 3 is 1.96 bits per heavy atom. The summed E-state index contributed by atoms with van der Waals surface area (Å²) in [6.45, 7) is 3.22. The van der Waals surface area contributed by atoms with Crippen molar-refractivity contribution in [2.75, 3.05) is 26.2 Å². The topological polar surface area (TPSA) is 48.5 Å². The zero-order valence-electron chi connectivity index (χ0n) is 13.7. The summed E-state index contributed by atoms with van der Waals surface area (Å²) in [6, 6.07) is 23.3. The molecular formula is C20H22N3O+. The maximum atomic E-state index is 11.9. The molecule has 0 aliphatic carbocycles. The minimum atomic E-state index is -0.0486. The molecule has 2 aromatic rings. The average molecular weight is 320 g/mol. The summed E-state index contributed by atoms with van der Waals surface area (Å²) in [5.74, 6) is -0.0486. The predicted molar refractivity (Wildman–Crippen MR) is 92.2 cm³/mol. The van der Waals surface area contributed by atoms with Crippen molar-refractivity contribution >= 4 is 5.91 Å². The van der Waals surface area contributed by atoms with Gasteiger partial charge in [0.05, 0.1) is 32.2 Å². The van der Waals surface area contributed by atoms with E-state index in [1.807, 2.05) is 23.1 Å². The molecule has 1 amide bonds. The molecule has 0 bridgehead atoms. The van der Waals surface area contributed by atoms with Crippen molar-refractivity contribution in [1.29, 1.82) is 5.26 Å². The lowest BCUT2D eigenvalue weighted by atomic mass is 9.96. The SMILES string of the molecule is N#CCC(=O)N1CC[NH+](C(c2ccccc2)c2ccccc2)CC1. The first-order valence-electron chi connectivity index (χ1n) is 8.39. The molecule has 1 saturated heterocycles. The molecule has 3 rings (SSSR count). The van der Waals surface area contributed by atoms with Crippen molar-refractivity contribution < 1.29 is 9.69 Å². The lowest BCUT2D eigenvalue weighted by molar-refractivity contribution is -0.929. The third-order valence-corrected chi connectivity index (χ3v) is 4.66. The van der Waals surface area contributed by atoms with E-state index in [0.717, 1.165) is 13.1 Å². The van der Waals surface area contributed by atoms with Crippen LogP contribution in [-0.2, 0) is 4.79 Å². The lowest BCUT2D eigenvalue weighted by Gasteiger charge is -2.36. The summed E-state index contributed by atoms with van der Waals surface area (Å²) in [7, 11) is 0. The molecule has 0 radical (unpaired) electrons. The number of carbonyl (C=O) groups excluding carboxylic acids is 1. The van der Waals surface area contributed by atoms with Gasteiger partial charge in [-0.15, -0.1) is 0 Å². The number of nitrogens with one attached hydrogen (secondary N) is 1. The summed E-state index contributed by atoms with van der Waals surface area (Å²) >= 11 is 0. The number of amides is 1. The third kappa shape index (κ3) is 3.64. The van der Waals surface area contributed by atoms with Crippen LogP contribution in [0.2, 0.25) is 0 Å². The van der Waals surface area contributed by atoms with Crippen molar-refractivity contribution in [1.82, 2.24) is 4.90 Å². The van der Waals surface area contributed by atoms with Gasteiger partial charge in [0.25, 0.3) is 0 Å². The van der Waals surface area contributed by atoms with E-state index >= 15 is 0 Å². The molecule has 4 heteroatoms. The Bertz CT molecular complexity index is 661. The first-order chi connectivity index (χ1) is 11.8. The Labute approximate surface area is 142 Å². The Balaban J connectivity index is 1.79. The van der Waals surface area contributed by atoms with E-state index in [-0.39, 0.29) is 18.4 Å². The van der Waals surface area contributed by atoms with Crippen LogP contribution >= 0.6 is 0 Å². The fourth-order valence-electron chi connectivity index (χ4n) is 3.47. The molecule has 0 spiro atoms. The molecule has 0 saturated carbocycles. The highest BCUT2D eigenvalue weighted by atomic mass is 16.2. The van der Waals surface area contributed by atoms with Gasteiger partial charge in [-0.2, -0.15) is 5.26 Å². The van der Waals surface area contributed by atoms with Crippen LogP contribution in [0, 0.1) is 11.3 Å². The molecule has 1 heterocycles. The van der Waals surface area contributed by atoms with Gasteiger partial charge in [-0.05, 0) is 0 Å². The number of nitriles is 1. The number of carbonyl (C=O) groups is 1. The van der Waals surface area contributed by atoms with Crippen LogP contribution in [0.1, 0.15) is 23.6 Å². The van der Waals surface area contributed by atoms with Crippen LogP contribution in [0.5, 0.6) is 0 Å². The second-order valence-electron chi connectivity index (χ2n) is 6.13. The Morgan fingerprint density at radius 1 is 1.00 bits per heavy atom. The highest BCUT2D eigenvalue weighted by Crippen LogP contribution is 2.19. The molecule has 0 atom stereocenters. The number of rotatable bonds is 4. The Kier molecular flexibility index (Phi) is 5.25. The van der Waals surface area contributed by atoms with Crippen molar-refractivity contribution in [3.8, 4) is 6.07 Å². The Hall–Kier alpha value is -2.64. The van der Waals surface area contributed by atoms with Crippen LogP contribution in [0.15, 0.2) is 60.7 Å². The molecular weight excluding hydrogens is 298 g/mol. The van der Waals surface area contributed by atoms with E-state index in [1.54, 1.807) is 0 Å². The molecule has 4 nitrogen and oxygen atoms in total. The van der Waals surface area contributed by atoms with Crippen molar-refractivity contribution in [2.24, 2.45) is 0 Å². The van der Waals surface area contributed by atoms with Crippen LogP contribution in [0.4, 0.5) is 0 Å². The van der Waals surface area contributed by atoms with Crippen LogP contribution in [0.3, 0.4) is 0 Å². The van der Waals surface area contributed by atoms with Crippen molar-refractivity contribution in [3.63, 3.8) is 0 Å². The highest BCUT2D eigenvalue weighted by molar-refractivity contribution is 5.78. The lowest BCUT2D eigenvalue weighted by Crippen LogP contribution is -3.15. The first kappa shape index (κ1) is 16.2. The zero-order valence-corrected chi connectivity index (χ0v) is 13.7. The summed E-state index contributed by atoms with van der Waals surface area (Å²) in [6.07, 6.45) is -0.0177. The van der Waals surface area contributed by atoms with Gasteiger partial charge >= 0.3 is 0 Å². The normalized spacial score (nSPS) is 15.2. The van der Waals surface area contributed by atoms with Gasteiger partial charge in [0.1, 0.15) is 12.5 Å². The van der Waals surface area contributed by atoms with Gasteiger partial charge in [0.15, 0.2) is 0 Å². The number of piperazine rings is 1. The summed E-state index contributed by atoms with van der Waals surface area (Å²) in [5, 5.41) is 8.70. The van der Waals surface area contributed by atoms with Gasteiger partial charge in [0, 0.05) is 11.1 Å². The molecule has 2 aromatic carbocycles. The fraction of sp³-hybridized carbons (Fsp3) is 0.300. The molecule has 122 valence electrons. The molecule has 1 aliphatic rings. The quantitative estimate of drug-likeness (QED) is 0.926. The van der Waals surface area contributed by atoms with E-state index in [4.69, 9.17) is 5.26 Å². The van der Waals surface area contributed by atoms with E-state index in [1.165, 1.54) is 16.0 Å². The van der Waals surface area contributed by atoms with E-state index in [2.05, 4.69) is 48.5 Å². The van der Waals surface area contributed by atoms with Crippen LogP contribution < -0.4 is 4.90 Å². The molecule has 1 N–H and O–H groups in total. The molecule has 0 unspecified atom stereocenters. The van der Waals surface area contributed by atoms with Crippen molar-refractivity contribution in [3.05, 3.63) is 71.8 Å². The standard InChI is InChI=1S/C20H21N3O/c21-12-11-19(24)22-13-15-23(16-14-22)20(17-7-3-1-4-8-17)18-9-5-2-6-10-18/h1-10,20H,11,13-16H2/p+1. The zero-order chi connectivity index (χ0) is 16.8. The van der Waals surface area contributed by atoms with Gasteiger partial charge in [-0.1, -0.05) is 60.7 Å². The van der Waals surface area contributed by atoms with Gasteiger partial charge < -0.3 is 9.80 Å². The Morgan fingerprint density at radius 2 is 1.50 bits per heavy atom. The van der Waals surface area contributed by atoms with Gasteiger partial charge in [0.2, 0.25) is 5.91 Å². The smallest absolute Gasteiger partial charge is 0.237 e. The third-order valence-electron chi connectivity index (χ3n) is 4.66. The van der Waals surface area contributed by atoms with E-state index in [0.29, 0.717) is 13.1 Å². The number of hydrogen-bond donors (Lipinski definition) is 1. The second kappa shape index (κ2) is 7.76. The minimum absolute atomic E-state index is 0.0177. The first-order valence-corrected chi connectivity index (χ1v) is 8.39. The van der Waals surface area contributed by atoms with Crippen LogP contribution in [-0.4, -0.2) is 37.0 Å². The highest BCUT2D eigenvalue weighted by Gasteiger charge is 2.31.